The van der Waals surface area contributed by atoms with Gasteiger partial charge in [-0.2, -0.15) is 5.10 Å². The molecule has 1 saturated heterocycles. The lowest BCUT2D eigenvalue weighted by atomic mass is 10.1. The van der Waals surface area contributed by atoms with Crippen LogP contribution in [0.15, 0.2) is 66.3 Å². The van der Waals surface area contributed by atoms with Gasteiger partial charge in [0.25, 0.3) is 0 Å². The first-order valence-electron chi connectivity index (χ1n) is 11.0. The van der Waals surface area contributed by atoms with Crippen molar-refractivity contribution >= 4 is 40.9 Å². The average Bonchev–Trinajstić information content (AvgIpc) is 3.54. The van der Waals surface area contributed by atoms with Gasteiger partial charge in [-0.25, -0.2) is 9.67 Å². The first kappa shape index (κ1) is 22.4. The molecule has 1 aliphatic heterocycles. The zero-order valence-electron chi connectivity index (χ0n) is 18.3. The van der Waals surface area contributed by atoms with Crippen LogP contribution in [0.25, 0.3) is 11.4 Å². The van der Waals surface area contributed by atoms with Crippen molar-refractivity contribution in [3.8, 4) is 11.4 Å². The Hall–Kier alpha value is -3.37. The summed E-state index contributed by atoms with van der Waals surface area (Å²) in [6.07, 6.45) is 6.52. The van der Waals surface area contributed by atoms with E-state index in [4.69, 9.17) is 11.6 Å². The summed E-state index contributed by atoms with van der Waals surface area (Å²) in [7, 11) is 0. The second-order valence-corrected chi connectivity index (χ2v) is 9.22. The van der Waals surface area contributed by atoms with E-state index in [1.807, 2.05) is 34.9 Å². The van der Waals surface area contributed by atoms with Crippen LogP contribution in [-0.4, -0.2) is 54.3 Å². The van der Waals surface area contributed by atoms with Crippen molar-refractivity contribution in [2.75, 3.05) is 29.1 Å². The van der Waals surface area contributed by atoms with E-state index in [0.717, 1.165) is 37.6 Å². The minimum Gasteiger partial charge on any atom is -0.341 e. The van der Waals surface area contributed by atoms with Gasteiger partial charge in [0.15, 0.2) is 5.16 Å². The Kier molecular flexibility index (Phi) is 6.77. The fourth-order valence-electron chi connectivity index (χ4n) is 3.91. The number of nitrogens with zero attached hydrogens (tertiary/aromatic N) is 7. The molecule has 0 radical (unpaired) electrons. The summed E-state index contributed by atoms with van der Waals surface area (Å²) in [4.78, 5) is 19.1. The van der Waals surface area contributed by atoms with Gasteiger partial charge in [0.2, 0.25) is 11.9 Å². The van der Waals surface area contributed by atoms with E-state index >= 15 is 0 Å². The van der Waals surface area contributed by atoms with Gasteiger partial charge in [0, 0.05) is 18.1 Å². The average molecular weight is 495 g/mol. The number of hydrogen-bond donors (Lipinski definition) is 1. The molecule has 11 heteroatoms. The number of benzene rings is 2. The van der Waals surface area contributed by atoms with Crippen LogP contribution >= 0.6 is 23.4 Å². The summed E-state index contributed by atoms with van der Waals surface area (Å²) in [6, 6.07) is 15.2. The molecule has 1 N–H and O–H groups in total. The smallest absolute Gasteiger partial charge is 0.234 e. The van der Waals surface area contributed by atoms with Crippen LogP contribution in [0, 0.1) is 0 Å². The number of thioether (sulfide) groups is 1. The molecule has 5 rings (SSSR count). The third-order valence-corrected chi connectivity index (χ3v) is 6.66. The highest BCUT2D eigenvalue weighted by atomic mass is 35.5. The lowest BCUT2D eigenvalue weighted by Crippen LogP contribution is -2.31. The van der Waals surface area contributed by atoms with Gasteiger partial charge in [-0.15, -0.1) is 10.2 Å². The minimum atomic E-state index is -0.184. The number of anilines is 2. The molecule has 3 heterocycles. The molecule has 0 aliphatic carbocycles. The van der Waals surface area contributed by atoms with Gasteiger partial charge < -0.3 is 10.2 Å². The van der Waals surface area contributed by atoms with Gasteiger partial charge in [-0.1, -0.05) is 41.6 Å². The van der Waals surface area contributed by atoms with Crippen LogP contribution in [0.2, 0.25) is 5.02 Å². The zero-order valence-corrected chi connectivity index (χ0v) is 19.9. The highest BCUT2D eigenvalue weighted by Gasteiger charge is 2.22. The number of nitrogens with one attached hydrogen (secondary N) is 1. The molecule has 0 bridgehead atoms. The molecule has 0 saturated carbocycles. The minimum absolute atomic E-state index is 0.161. The molecule has 4 aromatic rings. The highest BCUT2D eigenvalue weighted by Crippen LogP contribution is 2.29. The number of amides is 1. The van der Waals surface area contributed by atoms with Crippen LogP contribution in [0.3, 0.4) is 0 Å². The lowest BCUT2D eigenvalue weighted by molar-refractivity contribution is -0.113. The Morgan fingerprint density at radius 1 is 1.06 bits per heavy atom. The van der Waals surface area contributed by atoms with Gasteiger partial charge in [-0.05, 0) is 49.6 Å². The van der Waals surface area contributed by atoms with Crippen LogP contribution in [0.4, 0.5) is 11.6 Å². The van der Waals surface area contributed by atoms with E-state index < -0.39 is 0 Å². The third kappa shape index (κ3) is 4.92. The topological polar surface area (TPSA) is 93.8 Å². The number of carbonyl (C=O) groups excluding carboxylic acids is 1. The first-order valence-corrected chi connectivity index (χ1v) is 12.4. The van der Waals surface area contributed by atoms with Crippen molar-refractivity contribution in [3.05, 3.63) is 66.2 Å². The fraction of sp³-hybridized carbons (Fsp3) is 0.261. The molecule has 34 heavy (non-hydrogen) atoms. The summed E-state index contributed by atoms with van der Waals surface area (Å²) < 4.78 is 3.61. The van der Waals surface area contributed by atoms with Crippen molar-refractivity contribution in [3.63, 3.8) is 0 Å². The fourth-order valence-corrected chi connectivity index (χ4v) is 4.83. The quantitative estimate of drug-likeness (QED) is 0.384. The molecule has 0 spiro atoms. The van der Waals surface area contributed by atoms with Crippen LogP contribution in [0.1, 0.15) is 19.3 Å². The normalized spacial score (nSPS) is 13.7. The van der Waals surface area contributed by atoms with Gasteiger partial charge >= 0.3 is 0 Å². The molecular weight excluding hydrogens is 472 g/mol. The van der Waals surface area contributed by atoms with E-state index in [2.05, 4.69) is 30.5 Å². The van der Waals surface area contributed by atoms with Crippen molar-refractivity contribution in [2.24, 2.45) is 0 Å². The Morgan fingerprint density at radius 2 is 1.88 bits per heavy atom. The standard InChI is InChI=1S/C23H23ClN8OS/c24-17-9-10-20(31-16-25-15-26-31)19(13-17)27-21(33)14-34-23-29-28-22(30-11-5-2-6-12-30)32(23)18-7-3-1-4-8-18/h1,3-4,7-10,13,15-16H,2,5-6,11-12,14H2,(H,27,33). The summed E-state index contributed by atoms with van der Waals surface area (Å²) in [5, 5.41) is 17.2. The SMILES string of the molecule is O=C(CSc1nnc(N2CCCCC2)n1-c1ccccc1)Nc1cc(Cl)ccc1-n1cncn1. The number of aromatic nitrogens is 6. The van der Waals surface area contributed by atoms with E-state index in [1.54, 1.807) is 29.2 Å². The van der Waals surface area contributed by atoms with Gasteiger partial charge in [0.05, 0.1) is 22.8 Å². The first-order chi connectivity index (χ1) is 16.7. The Morgan fingerprint density at radius 3 is 2.65 bits per heavy atom. The number of hydrogen-bond acceptors (Lipinski definition) is 7. The van der Waals surface area contributed by atoms with E-state index in [1.165, 1.54) is 24.5 Å². The molecule has 1 fully saturated rings. The van der Waals surface area contributed by atoms with Crippen LogP contribution in [0.5, 0.6) is 0 Å². The second kappa shape index (κ2) is 10.3. The number of carbonyl (C=O) groups is 1. The largest absolute Gasteiger partial charge is 0.341 e. The van der Waals surface area contributed by atoms with Crippen molar-refractivity contribution in [1.29, 1.82) is 0 Å². The maximum atomic E-state index is 12.9. The Balaban J connectivity index is 1.35. The summed E-state index contributed by atoms with van der Waals surface area (Å²) in [6.45, 7) is 1.91. The molecule has 2 aromatic heterocycles. The molecule has 174 valence electrons. The Bertz CT molecular complexity index is 1260. The molecule has 1 amide bonds. The number of rotatable bonds is 7. The summed E-state index contributed by atoms with van der Waals surface area (Å²) in [5.74, 6) is 0.793. The van der Waals surface area contributed by atoms with Gasteiger partial charge in [-0.3, -0.25) is 9.36 Å². The second-order valence-electron chi connectivity index (χ2n) is 7.84. The molecule has 9 nitrogen and oxygen atoms in total. The van der Waals surface area contributed by atoms with Crippen molar-refractivity contribution in [1.82, 2.24) is 29.5 Å². The van der Waals surface area contributed by atoms with Crippen LogP contribution in [-0.2, 0) is 4.79 Å². The number of piperidine rings is 1. The maximum Gasteiger partial charge on any atom is 0.234 e. The third-order valence-electron chi connectivity index (χ3n) is 5.50. The van der Waals surface area contributed by atoms with E-state index in [9.17, 15) is 4.79 Å². The monoisotopic (exact) mass is 494 g/mol. The maximum absolute atomic E-state index is 12.9. The predicted molar refractivity (Wildman–Crippen MR) is 133 cm³/mol. The summed E-state index contributed by atoms with van der Waals surface area (Å²) in [5.41, 5.74) is 2.21. The van der Waals surface area contributed by atoms with Crippen LogP contribution < -0.4 is 10.2 Å². The lowest BCUT2D eigenvalue weighted by Gasteiger charge is -2.27. The van der Waals surface area contributed by atoms with Crippen molar-refractivity contribution < 1.29 is 4.79 Å². The predicted octanol–water partition coefficient (Wildman–Crippen LogP) is 4.22. The number of halogens is 1. The van der Waals surface area contributed by atoms with E-state index in [0.29, 0.717) is 21.6 Å². The van der Waals surface area contributed by atoms with Crippen molar-refractivity contribution in [2.45, 2.75) is 24.4 Å². The summed E-state index contributed by atoms with van der Waals surface area (Å²) >= 11 is 7.52. The zero-order chi connectivity index (χ0) is 23.3. The van der Waals surface area contributed by atoms with E-state index in [-0.39, 0.29) is 11.7 Å². The molecule has 0 atom stereocenters. The Labute approximate surface area is 206 Å². The highest BCUT2D eigenvalue weighted by molar-refractivity contribution is 7.99. The molecular formula is C23H23ClN8OS. The molecule has 0 unspecified atom stereocenters. The molecule has 1 aliphatic rings. The number of para-hydroxylation sites is 1. The van der Waals surface area contributed by atoms with Gasteiger partial charge in [0.1, 0.15) is 12.7 Å². The molecule has 2 aromatic carbocycles.